The summed E-state index contributed by atoms with van der Waals surface area (Å²) in [6.45, 7) is 3.26. The topological polar surface area (TPSA) is 74.6 Å². The smallest absolute Gasteiger partial charge is 0.337 e. The molecule has 0 aliphatic carbocycles. The monoisotopic (exact) mass is 419 g/mol. The van der Waals surface area contributed by atoms with Gasteiger partial charge in [0.2, 0.25) is 10.1 Å². The van der Waals surface area contributed by atoms with E-state index in [2.05, 4.69) is 15.9 Å². The standard InChI is InChI=1S/C19H18BrNO5/c1-18(2)25-16(23)19(20,17(24)26-18)10-12-21-11-6-9-14(21)15(22)13-7-4-3-5-8-13/h3-9,11H,10,12H2,1-2H3. The number of carbonyl (C=O) groups is 3. The summed E-state index contributed by atoms with van der Waals surface area (Å²) in [5.41, 5.74) is 1.05. The first-order chi connectivity index (χ1) is 12.2. The van der Waals surface area contributed by atoms with E-state index in [1.807, 2.05) is 6.07 Å². The minimum Gasteiger partial charge on any atom is -0.422 e. The highest BCUT2D eigenvalue weighted by molar-refractivity contribution is 9.10. The van der Waals surface area contributed by atoms with Crippen molar-refractivity contribution in [3.63, 3.8) is 0 Å². The number of hydrogen-bond acceptors (Lipinski definition) is 5. The lowest BCUT2D eigenvalue weighted by atomic mass is 10.0. The Hall–Kier alpha value is -2.41. The molecule has 0 saturated carbocycles. The van der Waals surface area contributed by atoms with Crippen LogP contribution in [0.2, 0.25) is 0 Å². The van der Waals surface area contributed by atoms with Crippen LogP contribution in [0, 0.1) is 0 Å². The number of nitrogens with zero attached hydrogens (tertiary/aromatic N) is 1. The first-order valence-electron chi connectivity index (χ1n) is 8.14. The van der Waals surface area contributed by atoms with Gasteiger partial charge in [-0.2, -0.15) is 0 Å². The first-order valence-corrected chi connectivity index (χ1v) is 8.93. The highest BCUT2D eigenvalue weighted by atomic mass is 79.9. The summed E-state index contributed by atoms with van der Waals surface area (Å²) in [6.07, 6.45) is 1.82. The van der Waals surface area contributed by atoms with Crippen LogP contribution < -0.4 is 0 Å². The maximum absolute atomic E-state index is 12.7. The molecule has 1 fully saturated rings. The lowest BCUT2D eigenvalue weighted by Gasteiger charge is -2.37. The van der Waals surface area contributed by atoms with Gasteiger partial charge in [-0.3, -0.25) is 4.79 Å². The van der Waals surface area contributed by atoms with Gasteiger partial charge >= 0.3 is 11.9 Å². The minimum atomic E-state index is -1.58. The minimum absolute atomic E-state index is 0.0878. The van der Waals surface area contributed by atoms with Crippen LogP contribution in [0.3, 0.4) is 0 Å². The molecule has 1 aromatic heterocycles. The predicted octanol–water partition coefficient (Wildman–Crippen LogP) is 3.08. The van der Waals surface area contributed by atoms with Crippen molar-refractivity contribution in [1.82, 2.24) is 4.57 Å². The third kappa shape index (κ3) is 3.44. The third-order valence-electron chi connectivity index (χ3n) is 4.12. The van der Waals surface area contributed by atoms with Gasteiger partial charge in [0, 0.05) is 38.6 Å². The van der Waals surface area contributed by atoms with Gasteiger partial charge in [-0.15, -0.1) is 0 Å². The van der Waals surface area contributed by atoms with Crippen molar-refractivity contribution in [3.8, 4) is 0 Å². The molecule has 2 heterocycles. The SMILES string of the molecule is CC1(C)OC(=O)C(Br)(CCn2cccc2C(=O)c2ccccc2)C(=O)O1. The van der Waals surface area contributed by atoms with Crippen LogP contribution in [-0.2, 0) is 25.6 Å². The number of benzene rings is 1. The van der Waals surface area contributed by atoms with E-state index in [4.69, 9.17) is 9.47 Å². The second-order valence-corrected chi connectivity index (χ2v) is 7.87. The van der Waals surface area contributed by atoms with E-state index < -0.39 is 22.0 Å². The van der Waals surface area contributed by atoms with Crippen LogP contribution >= 0.6 is 15.9 Å². The number of aromatic nitrogens is 1. The fourth-order valence-corrected chi connectivity index (χ4v) is 3.08. The molecule has 0 N–H and O–H groups in total. The molecule has 1 aromatic carbocycles. The fourth-order valence-electron chi connectivity index (χ4n) is 2.74. The fraction of sp³-hybridized carbons (Fsp3) is 0.316. The molecular formula is C19H18BrNO5. The molecule has 0 spiro atoms. The van der Waals surface area contributed by atoms with Crippen LogP contribution in [-0.4, -0.2) is 32.4 Å². The number of hydrogen-bond donors (Lipinski definition) is 0. The zero-order valence-electron chi connectivity index (χ0n) is 14.4. The lowest BCUT2D eigenvalue weighted by molar-refractivity contribution is -0.236. The summed E-state index contributed by atoms with van der Waals surface area (Å²) in [7, 11) is 0. The second kappa shape index (κ2) is 6.72. The molecule has 0 amide bonds. The van der Waals surface area contributed by atoms with Crippen LogP contribution in [0.25, 0.3) is 0 Å². The predicted molar refractivity (Wildman–Crippen MR) is 96.8 cm³/mol. The Bertz CT molecular complexity index is 836. The third-order valence-corrected chi connectivity index (χ3v) is 5.16. The number of carbonyl (C=O) groups excluding carboxylic acids is 3. The molecular weight excluding hydrogens is 402 g/mol. The molecule has 0 bridgehead atoms. The van der Waals surface area contributed by atoms with Crippen LogP contribution in [0.15, 0.2) is 48.7 Å². The summed E-state index contributed by atoms with van der Waals surface area (Å²) in [5, 5.41) is 0. The largest absolute Gasteiger partial charge is 0.422 e. The van der Waals surface area contributed by atoms with Crippen molar-refractivity contribution in [2.75, 3.05) is 0 Å². The van der Waals surface area contributed by atoms with Crippen molar-refractivity contribution < 1.29 is 23.9 Å². The Labute approximate surface area is 159 Å². The molecule has 136 valence electrons. The molecule has 6 nitrogen and oxygen atoms in total. The number of aryl methyl sites for hydroxylation is 1. The van der Waals surface area contributed by atoms with E-state index in [0.29, 0.717) is 11.3 Å². The molecule has 1 saturated heterocycles. The van der Waals surface area contributed by atoms with Crippen molar-refractivity contribution in [3.05, 3.63) is 59.9 Å². The van der Waals surface area contributed by atoms with E-state index in [9.17, 15) is 14.4 Å². The molecule has 1 aliphatic heterocycles. The van der Waals surface area contributed by atoms with Gasteiger partial charge in [-0.25, -0.2) is 9.59 Å². The average Bonchev–Trinajstić information content (AvgIpc) is 3.06. The van der Waals surface area contributed by atoms with Gasteiger partial charge in [0.25, 0.3) is 5.79 Å². The molecule has 26 heavy (non-hydrogen) atoms. The number of ether oxygens (including phenoxy) is 2. The Balaban J connectivity index is 1.77. The normalized spacial score (nSPS) is 18.1. The number of ketones is 1. The average molecular weight is 420 g/mol. The summed E-state index contributed by atoms with van der Waals surface area (Å²) >= 11 is 3.18. The van der Waals surface area contributed by atoms with Crippen LogP contribution in [0.4, 0.5) is 0 Å². The quantitative estimate of drug-likeness (QED) is 0.322. The maximum Gasteiger partial charge on any atom is 0.337 e. The van der Waals surface area contributed by atoms with Crippen molar-refractivity contribution >= 4 is 33.7 Å². The Morgan fingerprint density at radius 1 is 1.04 bits per heavy atom. The number of alkyl halides is 1. The van der Waals surface area contributed by atoms with E-state index in [0.717, 1.165) is 0 Å². The number of esters is 2. The van der Waals surface area contributed by atoms with Gasteiger partial charge in [0.05, 0.1) is 5.69 Å². The molecule has 2 aromatic rings. The van der Waals surface area contributed by atoms with Crippen molar-refractivity contribution in [1.29, 1.82) is 0 Å². The summed E-state index contributed by atoms with van der Waals surface area (Å²) in [5.74, 6) is -2.80. The van der Waals surface area contributed by atoms with E-state index in [-0.39, 0.29) is 18.7 Å². The summed E-state index contributed by atoms with van der Waals surface area (Å²) in [6, 6.07) is 12.4. The lowest BCUT2D eigenvalue weighted by Crippen LogP contribution is -2.55. The summed E-state index contributed by atoms with van der Waals surface area (Å²) in [4.78, 5) is 37.2. The summed E-state index contributed by atoms with van der Waals surface area (Å²) < 4.78 is 10.5. The molecule has 3 rings (SSSR count). The zero-order valence-corrected chi connectivity index (χ0v) is 16.0. The van der Waals surface area contributed by atoms with Crippen LogP contribution in [0.1, 0.15) is 36.3 Å². The van der Waals surface area contributed by atoms with Gasteiger partial charge in [0.15, 0.2) is 0 Å². The van der Waals surface area contributed by atoms with Gasteiger partial charge in [0.1, 0.15) is 0 Å². The molecule has 0 radical (unpaired) electrons. The zero-order chi connectivity index (χ0) is 18.9. The van der Waals surface area contributed by atoms with E-state index >= 15 is 0 Å². The Morgan fingerprint density at radius 3 is 2.27 bits per heavy atom. The number of rotatable bonds is 5. The molecule has 0 unspecified atom stereocenters. The van der Waals surface area contributed by atoms with Crippen molar-refractivity contribution in [2.24, 2.45) is 0 Å². The van der Waals surface area contributed by atoms with Gasteiger partial charge in [-0.1, -0.05) is 46.3 Å². The van der Waals surface area contributed by atoms with Gasteiger partial charge < -0.3 is 14.0 Å². The van der Waals surface area contributed by atoms with E-state index in [1.165, 1.54) is 13.8 Å². The highest BCUT2D eigenvalue weighted by Gasteiger charge is 2.54. The maximum atomic E-state index is 12.7. The van der Waals surface area contributed by atoms with Crippen LogP contribution in [0.5, 0.6) is 0 Å². The Kier molecular flexibility index (Phi) is 4.75. The van der Waals surface area contributed by atoms with Gasteiger partial charge in [-0.05, 0) is 12.1 Å². The molecule has 1 aliphatic rings. The number of halogens is 1. The molecule has 0 atom stereocenters. The van der Waals surface area contributed by atoms with Crippen molar-refractivity contribution in [2.45, 2.75) is 36.9 Å². The molecule has 7 heteroatoms. The number of cyclic esters (lactones) is 2. The first kappa shape index (κ1) is 18.4. The van der Waals surface area contributed by atoms with E-state index in [1.54, 1.807) is 47.2 Å². The second-order valence-electron chi connectivity index (χ2n) is 6.51. The highest BCUT2D eigenvalue weighted by Crippen LogP contribution is 2.35. The Morgan fingerprint density at radius 2 is 1.65 bits per heavy atom.